The number of aromatic amines is 1. The van der Waals surface area contributed by atoms with Gasteiger partial charge in [0.2, 0.25) is 0 Å². The molecule has 1 aliphatic rings. The van der Waals surface area contributed by atoms with Crippen LogP contribution in [0, 0.1) is 0 Å². The van der Waals surface area contributed by atoms with Crippen molar-refractivity contribution in [3.8, 4) is 0 Å². The van der Waals surface area contributed by atoms with Crippen molar-refractivity contribution in [2.24, 2.45) is 0 Å². The van der Waals surface area contributed by atoms with Gasteiger partial charge in [0.15, 0.2) is 0 Å². The molecular formula is C18H18N4O2. The van der Waals surface area contributed by atoms with Gasteiger partial charge in [-0.15, -0.1) is 0 Å². The Hall–Kier alpha value is -2.89. The molecule has 2 heterocycles. The molecule has 122 valence electrons. The van der Waals surface area contributed by atoms with Crippen molar-refractivity contribution in [2.45, 2.75) is 25.3 Å². The third-order valence-electron chi connectivity index (χ3n) is 4.27. The van der Waals surface area contributed by atoms with Crippen LogP contribution in [0.5, 0.6) is 0 Å². The minimum absolute atomic E-state index is 0.140. The maximum Gasteiger partial charge on any atom is 0.267 e. The van der Waals surface area contributed by atoms with Crippen molar-refractivity contribution in [3.05, 3.63) is 64.2 Å². The molecule has 0 aliphatic heterocycles. The molecule has 1 aromatic carbocycles. The summed E-state index contributed by atoms with van der Waals surface area (Å²) in [7, 11) is 0. The lowest BCUT2D eigenvalue weighted by atomic mass is 10.2. The van der Waals surface area contributed by atoms with E-state index < -0.39 is 0 Å². The molecule has 6 nitrogen and oxygen atoms in total. The molecule has 1 aliphatic carbocycles. The zero-order valence-corrected chi connectivity index (χ0v) is 13.2. The van der Waals surface area contributed by atoms with Gasteiger partial charge in [-0.2, -0.15) is 5.10 Å². The number of carbonyl (C=O) groups excluding carboxylic acids is 1. The van der Waals surface area contributed by atoms with Gasteiger partial charge in [0.1, 0.15) is 5.69 Å². The van der Waals surface area contributed by atoms with Crippen LogP contribution in [0.15, 0.2) is 47.3 Å². The van der Waals surface area contributed by atoms with Crippen LogP contribution in [-0.4, -0.2) is 27.2 Å². The SMILES string of the molecule is O=C(NCCn1nc(C2CC2)ccc1=O)c1cc2ccccc2[nH]1. The molecule has 0 spiro atoms. The van der Waals surface area contributed by atoms with Crippen molar-refractivity contribution in [3.63, 3.8) is 0 Å². The lowest BCUT2D eigenvalue weighted by molar-refractivity contribution is 0.0947. The fourth-order valence-electron chi connectivity index (χ4n) is 2.79. The predicted octanol–water partition coefficient (Wildman–Crippen LogP) is 2.03. The van der Waals surface area contributed by atoms with E-state index in [1.54, 1.807) is 12.1 Å². The molecule has 24 heavy (non-hydrogen) atoms. The number of rotatable bonds is 5. The highest BCUT2D eigenvalue weighted by Crippen LogP contribution is 2.38. The maximum absolute atomic E-state index is 12.2. The maximum atomic E-state index is 12.2. The summed E-state index contributed by atoms with van der Waals surface area (Å²) in [6.45, 7) is 0.723. The molecule has 0 bridgehead atoms. The topological polar surface area (TPSA) is 79.8 Å². The van der Waals surface area contributed by atoms with Crippen molar-refractivity contribution >= 4 is 16.8 Å². The van der Waals surface area contributed by atoms with Crippen LogP contribution in [0.25, 0.3) is 10.9 Å². The first-order valence-electron chi connectivity index (χ1n) is 8.15. The summed E-state index contributed by atoms with van der Waals surface area (Å²) in [6, 6.07) is 12.9. The summed E-state index contributed by atoms with van der Waals surface area (Å²) in [5.74, 6) is 0.315. The second kappa shape index (κ2) is 5.96. The normalized spacial score (nSPS) is 14.0. The number of hydrogen-bond acceptors (Lipinski definition) is 3. The summed E-state index contributed by atoms with van der Waals surface area (Å²) in [6.07, 6.45) is 2.28. The summed E-state index contributed by atoms with van der Waals surface area (Å²) in [5, 5.41) is 8.21. The molecule has 0 unspecified atom stereocenters. The average molecular weight is 322 g/mol. The summed E-state index contributed by atoms with van der Waals surface area (Å²) >= 11 is 0. The third-order valence-corrected chi connectivity index (χ3v) is 4.27. The van der Waals surface area contributed by atoms with Crippen LogP contribution in [0.1, 0.15) is 34.9 Å². The number of fused-ring (bicyclic) bond motifs is 1. The first-order chi connectivity index (χ1) is 11.7. The van der Waals surface area contributed by atoms with Crippen molar-refractivity contribution in [1.29, 1.82) is 0 Å². The van der Waals surface area contributed by atoms with E-state index in [1.807, 2.05) is 30.3 Å². The van der Waals surface area contributed by atoms with E-state index in [-0.39, 0.29) is 11.5 Å². The Morgan fingerprint density at radius 3 is 2.88 bits per heavy atom. The molecule has 1 amide bonds. The monoisotopic (exact) mass is 322 g/mol. The van der Waals surface area contributed by atoms with E-state index >= 15 is 0 Å². The number of amides is 1. The van der Waals surface area contributed by atoms with Gasteiger partial charge in [-0.25, -0.2) is 4.68 Å². The van der Waals surface area contributed by atoms with Gasteiger partial charge in [0.25, 0.3) is 11.5 Å². The number of nitrogens with zero attached hydrogens (tertiary/aromatic N) is 2. The fraction of sp³-hybridized carbons (Fsp3) is 0.278. The van der Waals surface area contributed by atoms with E-state index in [0.29, 0.717) is 24.7 Å². The van der Waals surface area contributed by atoms with E-state index in [1.165, 1.54) is 4.68 Å². The highest BCUT2D eigenvalue weighted by Gasteiger charge is 2.25. The van der Waals surface area contributed by atoms with Crippen molar-refractivity contribution in [1.82, 2.24) is 20.1 Å². The van der Waals surface area contributed by atoms with E-state index in [0.717, 1.165) is 29.4 Å². The van der Waals surface area contributed by atoms with E-state index in [4.69, 9.17) is 0 Å². The molecule has 0 saturated heterocycles. The minimum Gasteiger partial charge on any atom is -0.351 e. The highest BCUT2D eigenvalue weighted by molar-refractivity contribution is 5.97. The lowest BCUT2D eigenvalue weighted by Gasteiger charge is -2.07. The highest BCUT2D eigenvalue weighted by atomic mass is 16.2. The molecule has 6 heteroatoms. The zero-order chi connectivity index (χ0) is 16.5. The molecule has 0 atom stereocenters. The molecule has 4 rings (SSSR count). The third kappa shape index (κ3) is 2.95. The Morgan fingerprint density at radius 2 is 2.08 bits per heavy atom. The lowest BCUT2D eigenvalue weighted by Crippen LogP contribution is -2.32. The Labute approximate surface area is 138 Å². The van der Waals surface area contributed by atoms with Gasteiger partial charge in [-0.3, -0.25) is 9.59 Å². The first kappa shape index (κ1) is 14.7. The molecular weight excluding hydrogens is 304 g/mol. The quantitative estimate of drug-likeness (QED) is 0.754. The second-order valence-corrected chi connectivity index (χ2v) is 6.12. The van der Waals surface area contributed by atoms with E-state index in [9.17, 15) is 9.59 Å². The molecule has 1 fully saturated rings. The Bertz CT molecular complexity index is 920. The standard InChI is InChI=1S/C18H18N4O2/c23-17-8-7-15(12-5-6-12)21-22(17)10-9-19-18(24)16-11-13-3-1-2-4-14(13)20-16/h1-4,7-8,11-12,20H,5-6,9-10H2,(H,19,24). The first-order valence-corrected chi connectivity index (χ1v) is 8.15. The van der Waals surface area contributed by atoms with Crippen LogP contribution in [0.2, 0.25) is 0 Å². The van der Waals surface area contributed by atoms with Crippen molar-refractivity contribution < 1.29 is 4.79 Å². The number of carbonyl (C=O) groups is 1. The molecule has 3 aromatic rings. The molecule has 0 radical (unpaired) electrons. The predicted molar refractivity (Wildman–Crippen MR) is 91.1 cm³/mol. The Morgan fingerprint density at radius 1 is 1.25 bits per heavy atom. The fourth-order valence-corrected chi connectivity index (χ4v) is 2.79. The second-order valence-electron chi connectivity index (χ2n) is 6.12. The zero-order valence-electron chi connectivity index (χ0n) is 13.2. The van der Waals surface area contributed by atoms with Crippen LogP contribution >= 0.6 is 0 Å². The Balaban J connectivity index is 1.40. The van der Waals surface area contributed by atoms with Crippen LogP contribution < -0.4 is 10.9 Å². The number of para-hydroxylation sites is 1. The summed E-state index contributed by atoms with van der Waals surface area (Å²) < 4.78 is 1.43. The van der Waals surface area contributed by atoms with Gasteiger partial charge < -0.3 is 10.3 Å². The number of H-pyrrole nitrogens is 1. The van der Waals surface area contributed by atoms with Gasteiger partial charge in [0, 0.05) is 29.4 Å². The largest absolute Gasteiger partial charge is 0.351 e. The van der Waals surface area contributed by atoms with E-state index in [2.05, 4.69) is 15.4 Å². The van der Waals surface area contributed by atoms with Gasteiger partial charge in [-0.1, -0.05) is 18.2 Å². The molecule has 1 saturated carbocycles. The minimum atomic E-state index is -0.183. The smallest absolute Gasteiger partial charge is 0.267 e. The summed E-state index contributed by atoms with van der Waals surface area (Å²) in [5.41, 5.74) is 2.27. The number of nitrogens with one attached hydrogen (secondary N) is 2. The van der Waals surface area contributed by atoms with Gasteiger partial charge >= 0.3 is 0 Å². The Kier molecular flexibility index (Phi) is 3.65. The number of hydrogen-bond donors (Lipinski definition) is 2. The van der Waals surface area contributed by atoms with Crippen LogP contribution in [-0.2, 0) is 6.54 Å². The van der Waals surface area contributed by atoms with Crippen LogP contribution in [0.3, 0.4) is 0 Å². The molecule has 2 N–H and O–H groups in total. The van der Waals surface area contributed by atoms with Crippen molar-refractivity contribution in [2.75, 3.05) is 6.54 Å². The van der Waals surface area contributed by atoms with Crippen LogP contribution in [0.4, 0.5) is 0 Å². The average Bonchev–Trinajstić information content (AvgIpc) is 3.34. The molecule has 2 aromatic heterocycles. The summed E-state index contributed by atoms with van der Waals surface area (Å²) in [4.78, 5) is 27.2. The number of aromatic nitrogens is 3. The van der Waals surface area contributed by atoms with Gasteiger partial charge in [0.05, 0.1) is 12.2 Å². The van der Waals surface area contributed by atoms with Gasteiger partial charge in [-0.05, 0) is 31.0 Å². The number of benzene rings is 1.